The van der Waals surface area contributed by atoms with Crippen molar-refractivity contribution in [3.05, 3.63) is 0 Å². The van der Waals surface area contributed by atoms with Crippen molar-refractivity contribution in [3.63, 3.8) is 0 Å². The molecule has 5 nitrogen and oxygen atoms in total. The molecular weight excluding hydrogens is 243 g/mol. The summed E-state index contributed by atoms with van der Waals surface area (Å²) in [4.78, 5) is 0. The molecule has 1 heterocycles. The quantitative estimate of drug-likeness (QED) is 0.326. The SMILES string of the molecule is CC1CO[C@@H](COS(=O)(=O)[O-])C(C)C1C.[Na+]. The molecule has 0 aromatic rings. The van der Waals surface area contributed by atoms with Gasteiger partial charge in [-0.2, -0.15) is 0 Å². The maximum atomic E-state index is 10.3. The minimum atomic E-state index is -4.61. The third-order valence-corrected chi connectivity index (χ3v) is 3.69. The Bertz CT molecular complexity index is 305. The molecule has 16 heavy (non-hydrogen) atoms. The number of hydrogen-bond donors (Lipinski definition) is 0. The van der Waals surface area contributed by atoms with Gasteiger partial charge in [0.25, 0.3) is 0 Å². The van der Waals surface area contributed by atoms with E-state index in [1.54, 1.807) is 0 Å². The molecule has 1 aliphatic heterocycles. The number of rotatable bonds is 3. The zero-order valence-corrected chi connectivity index (χ0v) is 13.0. The van der Waals surface area contributed by atoms with Crippen LogP contribution in [0, 0.1) is 17.8 Å². The molecule has 0 saturated carbocycles. The van der Waals surface area contributed by atoms with Gasteiger partial charge in [0.2, 0.25) is 10.4 Å². The smallest absolute Gasteiger partial charge is 0.726 e. The van der Waals surface area contributed by atoms with Gasteiger partial charge in [0.05, 0.1) is 12.7 Å². The van der Waals surface area contributed by atoms with Crippen LogP contribution in [0.5, 0.6) is 0 Å². The molecule has 0 aromatic carbocycles. The Morgan fingerprint density at radius 3 is 2.38 bits per heavy atom. The molecule has 4 atom stereocenters. The normalized spacial score (nSPS) is 35.5. The van der Waals surface area contributed by atoms with Crippen LogP contribution in [-0.4, -0.2) is 32.3 Å². The van der Waals surface area contributed by atoms with E-state index in [0.717, 1.165) is 0 Å². The van der Waals surface area contributed by atoms with Crippen molar-refractivity contribution in [1.29, 1.82) is 0 Å². The second-order valence-corrected chi connectivity index (χ2v) is 5.31. The van der Waals surface area contributed by atoms with Gasteiger partial charge in [-0.15, -0.1) is 0 Å². The minimum Gasteiger partial charge on any atom is -0.726 e. The maximum absolute atomic E-state index is 10.3. The van der Waals surface area contributed by atoms with Gasteiger partial charge in [-0.3, -0.25) is 4.18 Å². The first-order valence-corrected chi connectivity index (χ1v) is 6.36. The van der Waals surface area contributed by atoms with Crippen LogP contribution < -0.4 is 29.6 Å². The zero-order chi connectivity index (χ0) is 11.6. The van der Waals surface area contributed by atoms with Crippen molar-refractivity contribution < 1.29 is 51.4 Å². The molecule has 0 N–H and O–H groups in total. The molecule has 0 spiro atoms. The molecule has 90 valence electrons. The molecule has 7 heteroatoms. The van der Waals surface area contributed by atoms with Crippen molar-refractivity contribution >= 4 is 10.4 Å². The first kappa shape index (κ1) is 16.8. The van der Waals surface area contributed by atoms with Crippen LogP contribution >= 0.6 is 0 Å². The zero-order valence-electron chi connectivity index (χ0n) is 10.2. The molecule has 0 aromatic heterocycles. The second kappa shape index (κ2) is 6.68. The molecule has 1 fully saturated rings. The summed E-state index contributed by atoms with van der Waals surface area (Å²) in [5.74, 6) is 1.07. The van der Waals surface area contributed by atoms with Crippen LogP contribution in [0.1, 0.15) is 20.8 Å². The predicted octanol–water partition coefficient (Wildman–Crippen LogP) is -2.23. The minimum absolute atomic E-state index is 0. The van der Waals surface area contributed by atoms with Gasteiger partial charge in [0, 0.05) is 6.61 Å². The van der Waals surface area contributed by atoms with Gasteiger partial charge in [0.1, 0.15) is 0 Å². The summed E-state index contributed by atoms with van der Waals surface area (Å²) in [6.07, 6.45) is -0.306. The summed E-state index contributed by atoms with van der Waals surface area (Å²) in [6.45, 7) is 6.56. The fraction of sp³-hybridized carbons (Fsp3) is 1.00. The largest absolute Gasteiger partial charge is 1.00 e. The van der Waals surface area contributed by atoms with Crippen LogP contribution in [-0.2, 0) is 19.3 Å². The van der Waals surface area contributed by atoms with Crippen LogP contribution in [0.15, 0.2) is 0 Å². The van der Waals surface area contributed by atoms with Gasteiger partial charge >= 0.3 is 29.6 Å². The standard InChI is InChI=1S/C9H18O5S.Na/c1-6-4-13-9(8(3)7(6)2)5-14-15(10,11)12;/h6-9H,4-5H2,1-3H3,(H,10,11,12);/q;+1/p-1/t6?,7?,8?,9-;/m0./s1. The third kappa shape index (κ3) is 5.00. The molecule has 0 aliphatic carbocycles. The molecule has 1 saturated heterocycles. The molecular formula is C9H17NaO5S. The van der Waals surface area contributed by atoms with Crippen molar-refractivity contribution in [2.45, 2.75) is 26.9 Å². The average molecular weight is 260 g/mol. The van der Waals surface area contributed by atoms with Gasteiger partial charge < -0.3 is 9.29 Å². The summed E-state index contributed by atoms with van der Waals surface area (Å²) in [7, 11) is -4.61. The van der Waals surface area contributed by atoms with Crippen LogP contribution in [0.25, 0.3) is 0 Å². The topological polar surface area (TPSA) is 75.7 Å². The molecule has 3 unspecified atom stereocenters. The maximum Gasteiger partial charge on any atom is 1.00 e. The third-order valence-electron chi connectivity index (χ3n) is 3.26. The number of hydrogen-bond acceptors (Lipinski definition) is 5. The molecule has 1 rings (SSSR count). The second-order valence-electron chi connectivity index (χ2n) is 4.26. The Balaban J connectivity index is 0.00000225. The van der Waals surface area contributed by atoms with E-state index in [0.29, 0.717) is 18.4 Å². The first-order valence-electron chi connectivity index (χ1n) is 5.03. The van der Waals surface area contributed by atoms with Gasteiger partial charge in [-0.1, -0.05) is 20.8 Å². The van der Waals surface area contributed by atoms with Crippen molar-refractivity contribution in [1.82, 2.24) is 0 Å². The van der Waals surface area contributed by atoms with Gasteiger partial charge in [-0.25, -0.2) is 8.42 Å². The summed E-state index contributed by atoms with van der Waals surface area (Å²) >= 11 is 0. The van der Waals surface area contributed by atoms with Crippen molar-refractivity contribution in [3.8, 4) is 0 Å². The Morgan fingerprint density at radius 2 is 1.88 bits per heavy atom. The summed E-state index contributed by atoms with van der Waals surface area (Å²) in [5.41, 5.74) is 0. The van der Waals surface area contributed by atoms with Gasteiger partial charge in [0.15, 0.2) is 0 Å². The Kier molecular flexibility index (Phi) is 7.03. The van der Waals surface area contributed by atoms with E-state index in [-0.39, 0.29) is 48.2 Å². The molecule has 0 radical (unpaired) electrons. The predicted molar refractivity (Wildman–Crippen MR) is 52.9 cm³/mol. The Morgan fingerprint density at radius 1 is 1.31 bits per heavy atom. The summed E-state index contributed by atoms with van der Waals surface area (Å²) in [6, 6.07) is 0. The van der Waals surface area contributed by atoms with E-state index in [9.17, 15) is 13.0 Å². The van der Waals surface area contributed by atoms with Crippen LogP contribution in [0.4, 0.5) is 0 Å². The van der Waals surface area contributed by atoms with Gasteiger partial charge in [-0.05, 0) is 17.8 Å². The molecule has 1 aliphatic rings. The first-order chi connectivity index (χ1) is 6.81. The number of ether oxygens (including phenoxy) is 1. The summed E-state index contributed by atoms with van der Waals surface area (Å²) < 4.78 is 40.5. The van der Waals surface area contributed by atoms with E-state index in [2.05, 4.69) is 18.0 Å². The Hall–Kier alpha value is 0.830. The fourth-order valence-electron chi connectivity index (χ4n) is 1.79. The van der Waals surface area contributed by atoms with E-state index < -0.39 is 10.4 Å². The van der Waals surface area contributed by atoms with E-state index in [1.165, 1.54) is 0 Å². The van der Waals surface area contributed by atoms with E-state index >= 15 is 0 Å². The molecule has 0 amide bonds. The van der Waals surface area contributed by atoms with Crippen molar-refractivity contribution in [2.24, 2.45) is 17.8 Å². The van der Waals surface area contributed by atoms with E-state index in [1.807, 2.05) is 6.92 Å². The Labute approximate surface area is 119 Å². The van der Waals surface area contributed by atoms with Crippen LogP contribution in [0.3, 0.4) is 0 Å². The average Bonchev–Trinajstić information content (AvgIpc) is 2.12. The van der Waals surface area contributed by atoms with Crippen LogP contribution in [0.2, 0.25) is 0 Å². The molecule has 0 bridgehead atoms. The summed E-state index contributed by atoms with van der Waals surface area (Å²) in [5, 5.41) is 0. The van der Waals surface area contributed by atoms with Crippen molar-refractivity contribution in [2.75, 3.05) is 13.2 Å². The fourth-order valence-corrected chi connectivity index (χ4v) is 2.09. The van der Waals surface area contributed by atoms with E-state index in [4.69, 9.17) is 4.74 Å². The monoisotopic (exact) mass is 260 g/mol.